The summed E-state index contributed by atoms with van der Waals surface area (Å²) in [5, 5.41) is 3.22. The highest BCUT2D eigenvalue weighted by Crippen LogP contribution is 2.27. The number of hydrogen-bond donors (Lipinski definition) is 1. The molecule has 0 aliphatic carbocycles. The minimum absolute atomic E-state index is 0.0523. The van der Waals surface area contributed by atoms with Crippen LogP contribution in [-0.4, -0.2) is 69.1 Å². The number of nitrogens with one attached hydrogen (secondary N) is 1. The van der Waals surface area contributed by atoms with Crippen LogP contribution in [0.15, 0.2) is 24.5 Å². The van der Waals surface area contributed by atoms with Gasteiger partial charge in [0.15, 0.2) is 6.29 Å². The normalized spacial score (nSPS) is 22.9. The molecule has 0 aromatic carbocycles. The summed E-state index contributed by atoms with van der Waals surface area (Å²) in [7, 11) is 1.70. The van der Waals surface area contributed by atoms with E-state index in [9.17, 15) is 0 Å². The zero-order valence-corrected chi connectivity index (χ0v) is 21.8. The molecule has 2 saturated heterocycles. The van der Waals surface area contributed by atoms with Gasteiger partial charge >= 0.3 is 0 Å². The smallest absolute Gasteiger partial charge is 0.227 e. The number of rotatable bonds is 8. The molecule has 2 aliphatic heterocycles. The van der Waals surface area contributed by atoms with Crippen LogP contribution in [0.2, 0.25) is 0 Å². The predicted octanol–water partition coefficient (Wildman–Crippen LogP) is 4.42. The third-order valence-electron chi connectivity index (χ3n) is 6.67. The van der Waals surface area contributed by atoms with Crippen LogP contribution in [0.4, 0.5) is 17.6 Å². The number of nitrogens with zero attached hydrogens (tertiary/aromatic N) is 6. The molecule has 2 fully saturated rings. The summed E-state index contributed by atoms with van der Waals surface area (Å²) in [6.07, 6.45) is 7.41. The van der Waals surface area contributed by atoms with E-state index in [1.165, 1.54) is 0 Å². The Hall–Kier alpha value is -2.53. The third-order valence-corrected chi connectivity index (χ3v) is 7.09. The first-order valence-electron chi connectivity index (χ1n) is 12.6. The van der Waals surface area contributed by atoms with Gasteiger partial charge in [0.05, 0.1) is 23.2 Å². The van der Waals surface area contributed by atoms with Gasteiger partial charge in [-0.25, -0.2) is 15.0 Å². The maximum atomic E-state index is 6.49. The highest BCUT2D eigenvalue weighted by atomic mass is 35.5. The Labute approximate surface area is 216 Å². The average molecular weight is 516 g/mol. The van der Waals surface area contributed by atoms with Crippen molar-refractivity contribution in [3.8, 4) is 0 Å². The number of ether oxygens (including phenoxy) is 3. The molecule has 0 saturated carbocycles. The van der Waals surface area contributed by atoms with E-state index in [4.69, 9.17) is 35.8 Å². The van der Waals surface area contributed by atoms with Crippen LogP contribution in [0.3, 0.4) is 0 Å². The van der Waals surface area contributed by atoms with Crippen molar-refractivity contribution in [2.24, 2.45) is 0 Å². The van der Waals surface area contributed by atoms with Crippen molar-refractivity contribution in [3.05, 3.63) is 30.4 Å². The van der Waals surface area contributed by atoms with Crippen molar-refractivity contribution < 1.29 is 14.2 Å². The summed E-state index contributed by atoms with van der Waals surface area (Å²) in [5.41, 5.74) is 1.82. The summed E-state index contributed by atoms with van der Waals surface area (Å²) in [4.78, 5) is 20.6. The lowest BCUT2D eigenvalue weighted by Crippen LogP contribution is -2.45. The standard InChI is InChI=1S/C25H34ClN7O3/c1-16(2)33-19-12-22(28-13-18(19)29-23(33)15-36-24-6-4-5-11-35-24)30-21-7-9-27-25(31-21)32-10-8-20(34-3)17(26)14-32/h7,9,12-13,16-17,20,24H,4-6,8,10-11,14-15H2,1-3H3,(H,27,28,30,31)/t17-,20+,24?/m1/s1. The molecule has 0 spiro atoms. The first-order chi connectivity index (χ1) is 17.5. The predicted molar refractivity (Wildman–Crippen MR) is 139 cm³/mol. The number of alkyl halides is 1. The number of halogens is 1. The Bertz CT molecular complexity index is 1170. The van der Waals surface area contributed by atoms with Gasteiger partial charge in [-0.15, -0.1) is 11.6 Å². The van der Waals surface area contributed by atoms with Crippen molar-refractivity contribution >= 4 is 40.2 Å². The molecule has 5 rings (SSSR count). The highest BCUT2D eigenvalue weighted by Gasteiger charge is 2.29. The molecular formula is C25H34ClN7O3. The minimum Gasteiger partial charge on any atom is -0.380 e. The Morgan fingerprint density at radius 3 is 2.83 bits per heavy atom. The number of methoxy groups -OCH3 is 1. The Morgan fingerprint density at radius 1 is 1.19 bits per heavy atom. The fourth-order valence-corrected chi connectivity index (χ4v) is 5.23. The summed E-state index contributed by atoms with van der Waals surface area (Å²) < 4.78 is 19.4. The van der Waals surface area contributed by atoms with Crippen LogP contribution >= 0.6 is 11.6 Å². The molecule has 0 amide bonds. The fourth-order valence-electron chi connectivity index (χ4n) is 4.84. The van der Waals surface area contributed by atoms with E-state index < -0.39 is 0 Å². The lowest BCUT2D eigenvalue weighted by atomic mass is 10.1. The van der Waals surface area contributed by atoms with Crippen LogP contribution in [0.1, 0.15) is 51.4 Å². The quantitative estimate of drug-likeness (QED) is 0.437. The van der Waals surface area contributed by atoms with Gasteiger partial charge in [0.1, 0.15) is 29.6 Å². The summed E-state index contributed by atoms with van der Waals surface area (Å²) in [5.74, 6) is 2.86. The van der Waals surface area contributed by atoms with Crippen LogP contribution in [0.25, 0.3) is 11.0 Å². The van der Waals surface area contributed by atoms with Gasteiger partial charge in [-0.3, -0.25) is 0 Å². The van der Waals surface area contributed by atoms with Crippen molar-refractivity contribution in [1.29, 1.82) is 0 Å². The number of piperidine rings is 1. The van der Waals surface area contributed by atoms with Gasteiger partial charge in [0, 0.05) is 45.1 Å². The van der Waals surface area contributed by atoms with Gasteiger partial charge in [0.2, 0.25) is 5.95 Å². The third kappa shape index (κ3) is 5.56. The molecule has 10 nitrogen and oxygen atoms in total. The van der Waals surface area contributed by atoms with Gasteiger partial charge in [-0.05, 0) is 45.6 Å². The van der Waals surface area contributed by atoms with Crippen LogP contribution in [-0.2, 0) is 20.8 Å². The number of pyridine rings is 1. The van der Waals surface area contributed by atoms with Crippen LogP contribution in [0.5, 0.6) is 0 Å². The largest absolute Gasteiger partial charge is 0.380 e. The Morgan fingerprint density at radius 2 is 2.08 bits per heavy atom. The zero-order valence-electron chi connectivity index (χ0n) is 21.1. The van der Waals surface area contributed by atoms with Gasteiger partial charge in [-0.1, -0.05) is 0 Å². The molecule has 3 aromatic heterocycles. The van der Waals surface area contributed by atoms with Gasteiger partial charge in [-0.2, -0.15) is 4.98 Å². The van der Waals surface area contributed by atoms with E-state index in [2.05, 4.69) is 38.6 Å². The SMILES string of the molecule is CO[C@H]1CCN(c2nccc(Nc3cc4c(cn3)nc(COC3CCCCO3)n4C(C)C)n2)C[C@H]1Cl. The highest BCUT2D eigenvalue weighted by molar-refractivity contribution is 6.21. The topological polar surface area (TPSA) is 99.5 Å². The number of imidazole rings is 1. The second kappa shape index (κ2) is 11.2. The molecule has 194 valence electrons. The zero-order chi connectivity index (χ0) is 25.1. The van der Waals surface area contributed by atoms with Crippen molar-refractivity contribution in [2.75, 3.05) is 37.0 Å². The molecular weight excluding hydrogens is 482 g/mol. The monoisotopic (exact) mass is 515 g/mol. The molecule has 3 aromatic rings. The molecule has 3 atom stereocenters. The van der Waals surface area contributed by atoms with E-state index >= 15 is 0 Å². The molecule has 36 heavy (non-hydrogen) atoms. The lowest BCUT2D eigenvalue weighted by molar-refractivity contribution is -0.170. The molecule has 1 N–H and O–H groups in total. The van der Waals surface area contributed by atoms with E-state index in [1.54, 1.807) is 19.5 Å². The molecule has 0 bridgehead atoms. The second-order valence-electron chi connectivity index (χ2n) is 9.55. The number of fused-ring (bicyclic) bond motifs is 1. The molecule has 0 radical (unpaired) electrons. The van der Waals surface area contributed by atoms with E-state index in [-0.39, 0.29) is 23.8 Å². The lowest BCUT2D eigenvalue weighted by Gasteiger charge is -2.34. The minimum atomic E-state index is -0.157. The molecule has 11 heteroatoms. The second-order valence-corrected chi connectivity index (χ2v) is 10.1. The Balaban J connectivity index is 1.33. The van der Waals surface area contributed by atoms with Crippen molar-refractivity contribution in [3.63, 3.8) is 0 Å². The first kappa shape index (κ1) is 25.1. The van der Waals surface area contributed by atoms with Gasteiger partial charge < -0.3 is 29.0 Å². The molecule has 5 heterocycles. The van der Waals surface area contributed by atoms with Crippen molar-refractivity contribution in [2.45, 2.75) is 70.0 Å². The summed E-state index contributed by atoms with van der Waals surface area (Å²) >= 11 is 6.49. The maximum absolute atomic E-state index is 6.49. The first-order valence-corrected chi connectivity index (χ1v) is 13.1. The summed E-state index contributed by atoms with van der Waals surface area (Å²) in [6.45, 7) is 6.87. The van der Waals surface area contributed by atoms with Crippen LogP contribution in [0, 0.1) is 0 Å². The summed E-state index contributed by atoms with van der Waals surface area (Å²) in [6, 6.07) is 4.04. The van der Waals surface area contributed by atoms with Gasteiger partial charge in [0.25, 0.3) is 0 Å². The average Bonchev–Trinajstić information content (AvgIpc) is 3.26. The number of anilines is 3. The molecule has 2 aliphatic rings. The van der Waals surface area contributed by atoms with Crippen LogP contribution < -0.4 is 10.2 Å². The fraction of sp³-hybridized carbons (Fsp3) is 0.600. The number of aromatic nitrogens is 5. The molecule has 1 unspecified atom stereocenters. The van der Waals surface area contributed by atoms with Crippen molar-refractivity contribution in [1.82, 2.24) is 24.5 Å². The van der Waals surface area contributed by atoms with E-state index in [0.717, 1.165) is 55.7 Å². The van der Waals surface area contributed by atoms with E-state index in [1.807, 2.05) is 12.1 Å². The van der Waals surface area contributed by atoms with E-state index in [0.29, 0.717) is 30.7 Å². The Kier molecular flexibility index (Phi) is 7.85. The number of hydrogen-bond acceptors (Lipinski definition) is 9. The maximum Gasteiger partial charge on any atom is 0.227 e.